The van der Waals surface area contributed by atoms with Crippen LogP contribution in [-0.2, 0) is 0 Å². The highest BCUT2D eigenvalue weighted by atomic mass is 19.1. The summed E-state index contributed by atoms with van der Waals surface area (Å²) in [4.78, 5) is 2.14. The van der Waals surface area contributed by atoms with Crippen molar-refractivity contribution in [3.8, 4) is 0 Å². The second kappa shape index (κ2) is 5.17. The molecule has 1 aromatic carbocycles. The van der Waals surface area contributed by atoms with Crippen molar-refractivity contribution >= 4 is 11.4 Å². The van der Waals surface area contributed by atoms with Crippen LogP contribution in [0, 0.1) is 11.7 Å². The molecular weight excluding hydrogens is 227 g/mol. The minimum absolute atomic E-state index is 0.0875. The fourth-order valence-corrected chi connectivity index (χ4v) is 2.79. The lowest BCUT2D eigenvalue weighted by Gasteiger charge is -2.26. The maximum absolute atomic E-state index is 14.0. The van der Waals surface area contributed by atoms with E-state index in [4.69, 9.17) is 0 Å². The van der Waals surface area contributed by atoms with Crippen LogP contribution in [0.2, 0.25) is 0 Å². The Balaban J connectivity index is 1.63. The van der Waals surface area contributed by atoms with Crippen LogP contribution in [-0.4, -0.2) is 19.6 Å². The van der Waals surface area contributed by atoms with Gasteiger partial charge in [0.2, 0.25) is 0 Å². The molecule has 1 aliphatic heterocycles. The molecule has 1 saturated heterocycles. The Hall–Kier alpha value is -1.25. The van der Waals surface area contributed by atoms with Crippen molar-refractivity contribution < 1.29 is 4.39 Å². The van der Waals surface area contributed by atoms with Crippen molar-refractivity contribution in [1.82, 2.24) is 0 Å². The second-order valence-electron chi connectivity index (χ2n) is 5.54. The molecule has 2 nitrogen and oxygen atoms in total. The predicted molar refractivity (Wildman–Crippen MR) is 73.7 cm³/mol. The van der Waals surface area contributed by atoms with Gasteiger partial charge in [0.05, 0.1) is 5.69 Å². The summed E-state index contributed by atoms with van der Waals surface area (Å²) < 4.78 is 14.0. The number of nitrogens with zero attached hydrogens (tertiary/aromatic N) is 1. The van der Waals surface area contributed by atoms with E-state index in [-0.39, 0.29) is 5.82 Å². The highest BCUT2D eigenvalue weighted by molar-refractivity contribution is 5.56. The van der Waals surface area contributed by atoms with E-state index in [9.17, 15) is 4.39 Å². The maximum Gasteiger partial charge on any atom is 0.148 e. The lowest BCUT2D eigenvalue weighted by Crippen LogP contribution is -2.21. The molecule has 1 aliphatic carbocycles. The summed E-state index contributed by atoms with van der Waals surface area (Å²) in [6.45, 7) is 2.97. The molecule has 0 amide bonds. The monoisotopic (exact) mass is 248 g/mol. The molecule has 3 heteroatoms. The third-order valence-electron chi connectivity index (χ3n) is 4.21. The average molecular weight is 248 g/mol. The van der Waals surface area contributed by atoms with Crippen molar-refractivity contribution in [2.24, 2.45) is 5.92 Å². The topological polar surface area (TPSA) is 15.3 Å². The van der Waals surface area contributed by atoms with Gasteiger partial charge in [0.25, 0.3) is 0 Å². The molecular formula is C15H21FN2. The van der Waals surface area contributed by atoms with Gasteiger partial charge in [-0.1, -0.05) is 6.42 Å². The molecule has 0 aromatic heterocycles. The number of halogens is 1. The largest absolute Gasteiger partial charge is 0.385 e. The van der Waals surface area contributed by atoms with Gasteiger partial charge in [0.15, 0.2) is 0 Å². The first-order chi connectivity index (χ1) is 8.83. The van der Waals surface area contributed by atoms with Crippen molar-refractivity contribution in [3.05, 3.63) is 24.0 Å². The van der Waals surface area contributed by atoms with E-state index in [1.807, 2.05) is 12.1 Å². The molecule has 1 saturated carbocycles. The minimum Gasteiger partial charge on any atom is -0.385 e. The van der Waals surface area contributed by atoms with Crippen LogP contribution in [0.5, 0.6) is 0 Å². The average Bonchev–Trinajstić information content (AvgIpc) is 2.80. The van der Waals surface area contributed by atoms with Gasteiger partial charge >= 0.3 is 0 Å². The smallest absolute Gasteiger partial charge is 0.148 e. The van der Waals surface area contributed by atoms with Crippen LogP contribution in [0.15, 0.2) is 18.2 Å². The lowest BCUT2D eigenvalue weighted by atomic mass is 9.85. The zero-order valence-electron chi connectivity index (χ0n) is 10.8. The van der Waals surface area contributed by atoms with Crippen LogP contribution < -0.4 is 10.2 Å². The van der Waals surface area contributed by atoms with Gasteiger partial charge in [0.1, 0.15) is 5.82 Å². The Morgan fingerprint density at radius 2 is 1.94 bits per heavy atom. The fraction of sp³-hybridized carbons (Fsp3) is 0.600. The Morgan fingerprint density at radius 1 is 1.17 bits per heavy atom. The molecule has 18 heavy (non-hydrogen) atoms. The molecule has 2 aliphatic rings. The van der Waals surface area contributed by atoms with Gasteiger partial charge in [0, 0.05) is 25.3 Å². The first kappa shape index (κ1) is 11.8. The summed E-state index contributed by atoms with van der Waals surface area (Å²) in [7, 11) is 0. The zero-order valence-corrected chi connectivity index (χ0v) is 10.8. The van der Waals surface area contributed by atoms with Gasteiger partial charge in [-0.05, 0) is 49.8 Å². The molecule has 0 spiro atoms. The molecule has 1 aromatic rings. The molecule has 98 valence electrons. The summed E-state index contributed by atoms with van der Waals surface area (Å²) in [6.07, 6.45) is 6.36. The van der Waals surface area contributed by atoms with Crippen molar-refractivity contribution in [1.29, 1.82) is 0 Å². The quantitative estimate of drug-likeness (QED) is 0.875. The third kappa shape index (κ3) is 2.45. The van der Waals surface area contributed by atoms with Crippen molar-refractivity contribution in [3.63, 3.8) is 0 Å². The van der Waals surface area contributed by atoms with Crippen LogP contribution in [0.4, 0.5) is 15.8 Å². The van der Waals surface area contributed by atoms with Crippen LogP contribution >= 0.6 is 0 Å². The summed E-state index contributed by atoms with van der Waals surface area (Å²) >= 11 is 0. The van der Waals surface area contributed by atoms with Crippen LogP contribution in [0.1, 0.15) is 32.1 Å². The molecule has 1 heterocycles. The number of anilines is 2. The Labute approximate surface area is 108 Å². The van der Waals surface area contributed by atoms with Gasteiger partial charge in [-0.25, -0.2) is 4.39 Å². The Morgan fingerprint density at radius 3 is 2.56 bits per heavy atom. The van der Waals surface area contributed by atoms with E-state index in [1.54, 1.807) is 6.07 Å². The highest BCUT2D eigenvalue weighted by Crippen LogP contribution is 2.28. The van der Waals surface area contributed by atoms with Gasteiger partial charge in [-0.2, -0.15) is 0 Å². The van der Waals surface area contributed by atoms with Crippen molar-refractivity contribution in [2.75, 3.05) is 29.9 Å². The highest BCUT2D eigenvalue weighted by Gasteiger charge is 2.18. The van der Waals surface area contributed by atoms with E-state index >= 15 is 0 Å². The maximum atomic E-state index is 14.0. The first-order valence-electron chi connectivity index (χ1n) is 7.11. The zero-order chi connectivity index (χ0) is 12.4. The SMILES string of the molecule is Fc1cc(NCC2CCC2)ccc1N1CCCC1. The normalized spacial score (nSPS) is 19.9. The van der Waals surface area contributed by atoms with E-state index in [2.05, 4.69) is 10.2 Å². The van der Waals surface area contributed by atoms with E-state index in [0.29, 0.717) is 0 Å². The number of nitrogens with one attached hydrogen (secondary N) is 1. The predicted octanol–water partition coefficient (Wildman–Crippen LogP) is 3.64. The van der Waals surface area contributed by atoms with Crippen LogP contribution in [0.3, 0.4) is 0 Å². The number of hydrogen-bond acceptors (Lipinski definition) is 2. The summed E-state index contributed by atoms with van der Waals surface area (Å²) in [6, 6.07) is 5.57. The molecule has 2 fully saturated rings. The fourth-order valence-electron chi connectivity index (χ4n) is 2.79. The minimum atomic E-state index is -0.0875. The van der Waals surface area contributed by atoms with E-state index in [0.717, 1.165) is 36.9 Å². The second-order valence-corrected chi connectivity index (χ2v) is 5.54. The van der Waals surface area contributed by atoms with Gasteiger partial charge in [-0.15, -0.1) is 0 Å². The molecule has 3 rings (SSSR count). The van der Waals surface area contributed by atoms with E-state index in [1.165, 1.54) is 32.1 Å². The molecule has 0 atom stereocenters. The Kier molecular flexibility index (Phi) is 3.39. The number of hydrogen-bond donors (Lipinski definition) is 1. The van der Waals surface area contributed by atoms with Crippen molar-refractivity contribution in [2.45, 2.75) is 32.1 Å². The Bertz CT molecular complexity index is 409. The molecule has 0 unspecified atom stereocenters. The molecule has 0 bridgehead atoms. The molecule has 1 N–H and O–H groups in total. The lowest BCUT2D eigenvalue weighted by molar-refractivity contribution is 0.333. The van der Waals surface area contributed by atoms with Gasteiger partial charge in [-0.3, -0.25) is 0 Å². The summed E-state index contributed by atoms with van der Waals surface area (Å²) in [5, 5.41) is 3.35. The standard InChI is InChI=1S/C15H21FN2/c16-14-10-13(17-11-12-4-3-5-12)6-7-15(14)18-8-1-2-9-18/h6-7,10,12,17H,1-5,8-9,11H2. The van der Waals surface area contributed by atoms with Gasteiger partial charge < -0.3 is 10.2 Å². The number of rotatable bonds is 4. The molecule has 0 radical (unpaired) electrons. The van der Waals surface area contributed by atoms with E-state index < -0.39 is 0 Å². The third-order valence-corrected chi connectivity index (χ3v) is 4.21. The summed E-state index contributed by atoms with van der Waals surface area (Å²) in [5.74, 6) is 0.710. The summed E-state index contributed by atoms with van der Waals surface area (Å²) in [5.41, 5.74) is 1.68. The number of benzene rings is 1. The first-order valence-corrected chi connectivity index (χ1v) is 7.11. The van der Waals surface area contributed by atoms with Crippen LogP contribution in [0.25, 0.3) is 0 Å².